The second-order valence-corrected chi connectivity index (χ2v) is 10.5. The van der Waals surface area contributed by atoms with E-state index < -0.39 is 12.1 Å². The number of Topliss-reactive ketones (excluding diaryl/α,β-unsaturated/α-hetero) is 1. The molecule has 1 fully saturated rings. The molecule has 1 aromatic heterocycles. The number of aliphatic hydroxyl groups is 1. The lowest BCUT2D eigenvalue weighted by Crippen LogP contribution is -2.46. The van der Waals surface area contributed by atoms with E-state index in [4.69, 9.17) is 0 Å². The first-order chi connectivity index (χ1) is 14.6. The number of carbonyl (C=O) groups excluding carboxylic acids is 2. The van der Waals surface area contributed by atoms with Crippen molar-refractivity contribution in [1.29, 1.82) is 0 Å². The summed E-state index contributed by atoms with van der Waals surface area (Å²) in [5.41, 5.74) is 4.93. The minimum absolute atomic E-state index is 0.00539. The molecule has 0 aliphatic carbocycles. The summed E-state index contributed by atoms with van der Waals surface area (Å²) in [6.07, 6.45) is 1.44. The highest BCUT2D eigenvalue weighted by atomic mass is 32.1. The van der Waals surface area contributed by atoms with E-state index in [1.165, 1.54) is 4.88 Å². The summed E-state index contributed by atoms with van der Waals surface area (Å²) >= 11 is 1.63. The Morgan fingerprint density at radius 2 is 1.94 bits per heavy atom. The van der Waals surface area contributed by atoms with Gasteiger partial charge in [0.05, 0.1) is 28.2 Å². The van der Waals surface area contributed by atoms with Gasteiger partial charge in [0, 0.05) is 25.3 Å². The van der Waals surface area contributed by atoms with Crippen molar-refractivity contribution < 1.29 is 14.7 Å². The lowest BCUT2D eigenvalue weighted by atomic mass is 9.78. The predicted octanol–water partition coefficient (Wildman–Crippen LogP) is 4.65. The zero-order chi connectivity index (χ0) is 22.8. The summed E-state index contributed by atoms with van der Waals surface area (Å²) in [5, 5.41) is 10.2. The molecule has 168 valence electrons. The van der Waals surface area contributed by atoms with Crippen molar-refractivity contribution in [2.24, 2.45) is 11.3 Å². The van der Waals surface area contributed by atoms with Crippen LogP contribution in [0, 0.1) is 18.3 Å². The molecule has 1 aromatic carbocycles. The molecule has 3 atom stereocenters. The molecule has 2 aromatic rings. The number of hydrogen-bond acceptors (Lipinski definition) is 5. The Morgan fingerprint density at radius 1 is 1.26 bits per heavy atom. The molecule has 1 aliphatic heterocycles. The van der Waals surface area contributed by atoms with Gasteiger partial charge in [-0.25, -0.2) is 4.98 Å². The smallest absolute Gasteiger partial charge is 0.226 e. The fraction of sp³-hybridized carbons (Fsp3) is 0.560. The molecule has 1 saturated heterocycles. The Kier molecular flexibility index (Phi) is 7.32. The van der Waals surface area contributed by atoms with Gasteiger partial charge in [-0.15, -0.1) is 11.3 Å². The standard InChI is InChI=1S/C25H34N2O3S/c1-6-20(25(3,4)5)24(30)27-14-19(28)13-21(27)22(29)12-9-17-7-10-18(11-8-17)23-16(2)26-15-31-23/h7-8,10-11,15,19-21,28H,6,9,12-14H2,1-5H3/t19-,20-,21+/m1/s1. The summed E-state index contributed by atoms with van der Waals surface area (Å²) in [6.45, 7) is 10.4. The minimum Gasteiger partial charge on any atom is -0.391 e. The fourth-order valence-electron chi connectivity index (χ4n) is 4.56. The quantitative estimate of drug-likeness (QED) is 0.677. The summed E-state index contributed by atoms with van der Waals surface area (Å²) in [6, 6.07) is 7.75. The molecule has 3 rings (SSSR count). The number of thiazole rings is 1. The summed E-state index contributed by atoms with van der Waals surface area (Å²) in [5.74, 6) is -0.124. The van der Waals surface area contributed by atoms with Gasteiger partial charge < -0.3 is 10.0 Å². The lowest BCUT2D eigenvalue weighted by molar-refractivity contribution is -0.144. The van der Waals surface area contributed by atoms with Crippen molar-refractivity contribution in [2.75, 3.05) is 6.54 Å². The van der Waals surface area contributed by atoms with E-state index in [2.05, 4.69) is 50.0 Å². The molecular weight excluding hydrogens is 408 g/mol. The third-order valence-electron chi connectivity index (χ3n) is 6.31. The number of hydrogen-bond donors (Lipinski definition) is 1. The minimum atomic E-state index is -0.627. The molecule has 5 nitrogen and oxygen atoms in total. The van der Waals surface area contributed by atoms with E-state index in [-0.39, 0.29) is 29.6 Å². The number of ketones is 1. The van der Waals surface area contributed by atoms with Crippen LogP contribution in [0.2, 0.25) is 0 Å². The first-order valence-corrected chi connectivity index (χ1v) is 12.0. The number of likely N-dealkylation sites (tertiary alicyclic amines) is 1. The van der Waals surface area contributed by atoms with Crippen LogP contribution in [-0.4, -0.2) is 45.4 Å². The van der Waals surface area contributed by atoms with Crippen LogP contribution in [0.1, 0.15) is 58.2 Å². The average molecular weight is 443 g/mol. The monoisotopic (exact) mass is 442 g/mol. The average Bonchev–Trinajstić information content (AvgIpc) is 3.31. The number of amides is 1. The number of carbonyl (C=O) groups is 2. The Morgan fingerprint density at radius 3 is 2.48 bits per heavy atom. The largest absolute Gasteiger partial charge is 0.391 e. The third-order valence-corrected chi connectivity index (χ3v) is 7.28. The second kappa shape index (κ2) is 9.61. The van der Waals surface area contributed by atoms with Gasteiger partial charge in [0.1, 0.15) is 0 Å². The van der Waals surface area contributed by atoms with Crippen molar-refractivity contribution in [3.05, 3.63) is 41.0 Å². The maximum absolute atomic E-state index is 13.2. The van der Waals surface area contributed by atoms with E-state index in [0.29, 0.717) is 19.3 Å². The van der Waals surface area contributed by atoms with Gasteiger partial charge in [-0.1, -0.05) is 52.0 Å². The highest BCUT2D eigenvalue weighted by Crippen LogP contribution is 2.33. The van der Waals surface area contributed by atoms with E-state index >= 15 is 0 Å². The van der Waals surface area contributed by atoms with Crippen LogP contribution in [0.5, 0.6) is 0 Å². The third kappa shape index (κ3) is 5.42. The van der Waals surface area contributed by atoms with Crippen LogP contribution in [-0.2, 0) is 16.0 Å². The van der Waals surface area contributed by atoms with Gasteiger partial charge in [-0.3, -0.25) is 9.59 Å². The van der Waals surface area contributed by atoms with Gasteiger partial charge >= 0.3 is 0 Å². The van der Waals surface area contributed by atoms with Crippen LogP contribution in [0.3, 0.4) is 0 Å². The summed E-state index contributed by atoms with van der Waals surface area (Å²) < 4.78 is 0. The highest BCUT2D eigenvalue weighted by Gasteiger charge is 2.42. The molecule has 1 N–H and O–H groups in total. The van der Waals surface area contributed by atoms with Crippen LogP contribution in [0.4, 0.5) is 0 Å². The zero-order valence-electron chi connectivity index (χ0n) is 19.2. The number of aromatic nitrogens is 1. The molecule has 0 spiro atoms. The SMILES string of the molecule is CC[C@H](C(=O)N1C[C@H](O)C[C@H]1C(=O)CCc1ccc(-c2scnc2C)cc1)C(C)(C)C. The topological polar surface area (TPSA) is 70.5 Å². The van der Waals surface area contributed by atoms with Crippen LogP contribution >= 0.6 is 11.3 Å². The number of aryl methyl sites for hydroxylation is 2. The number of rotatable bonds is 7. The van der Waals surface area contributed by atoms with Crippen molar-refractivity contribution in [2.45, 2.75) is 72.4 Å². The molecule has 1 amide bonds. The lowest BCUT2D eigenvalue weighted by Gasteiger charge is -2.34. The Bertz CT molecular complexity index is 914. The van der Waals surface area contributed by atoms with Gasteiger partial charge in [0.2, 0.25) is 5.91 Å². The Balaban J connectivity index is 1.65. The van der Waals surface area contributed by atoms with E-state index in [0.717, 1.165) is 23.2 Å². The molecular formula is C25H34N2O3S. The van der Waals surface area contributed by atoms with Crippen molar-refractivity contribution >= 4 is 23.0 Å². The van der Waals surface area contributed by atoms with Crippen LogP contribution in [0.15, 0.2) is 29.8 Å². The number of nitrogens with zero attached hydrogens (tertiary/aromatic N) is 2. The van der Waals surface area contributed by atoms with E-state index in [1.807, 2.05) is 19.4 Å². The molecule has 1 aliphatic rings. The molecule has 0 bridgehead atoms. The van der Waals surface area contributed by atoms with Gasteiger partial charge in [-0.2, -0.15) is 0 Å². The normalized spacial score (nSPS) is 20.1. The Labute approximate surface area is 189 Å². The summed E-state index contributed by atoms with van der Waals surface area (Å²) in [4.78, 5) is 33.3. The molecule has 2 heterocycles. The molecule has 6 heteroatoms. The number of benzene rings is 1. The molecule has 0 unspecified atom stereocenters. The molecule has 0 radical (unpaired) electrons. The first-order valence-electron chi connectivity index (χ1n) is 11.1. The Hall–Kier alpha value is -2.05. The molecule has 31 heavy (non-hydrogen) atoms. The van der Waals surface area contributed by atoms with Crippen molar-refractivity contribution in [1.82, 2.24) is 9.88 Å². The molecule has 0 saturated carbocycles. The number of aliphatic hydroxyl groups excluding tert-OH is 1. The maximum Gasteiger partial charge on any atom is 0.226 e. The van der Waals surface area contributed by atoms with E-state index in [1.54, 1.807) is 16.2 Å². The van der Waals surface area contributed by atoms with Crippen LogP contribution in [0.25, 0.3) is 10.4 Å². The number of β-amino-alcohol motifs (C(OH)–C–C–N with tert-alkyl or cyclic N) is 1. The maximum atomic E-state index is 13.2. The van der Waals surface area contributed by atoms with E-state index in [9.17, 15) is 14.7 Å². The van der Waals surface area contributed by atoms with Gasteiger partial charge in [-0.05, 0) is 36.3 Å². The van der Waals surface area contributed by atoms with Gasteiger partial charge in [0.15, 0.2) is 5.78 Å². The zero-order valence-corrected chi connectivity index (χ0v) is 20.0. The first kappa shape index (κ1) is 23.6. The second-order valence-electron chi connectivity index (χ2n) is 9.65. The fourth-order valence-corrected chi connectivity index (χ4v) is 5.37. The van der Waals surface area contributed by atoms with Crippen LogP contribution < -0.4 is 0 Å². The predicted molar refractivity (Wildman–Crippen MR) is 125 cm³/mol. The van der Waals surface area contributed by atoms with Gasteiger partial charge in [0.25, 0.3) is 0 Å². The van der Waals surface area contributed by atoms with Crippen molar-refractivity contribution in [3.63, 3.8) is 0 Å². The summed E-state index contributed by atoms with van der Waals surface area (Å²) in [7, 11) is 0. The van der Waals surface area contributed by atoms with Crippen molar-refractivity contribution in [3.8, 4) is 10.4 Å². The highest BCUT2D eigenvalue weighted by molar-refractivity contribution is 7.13.